The van der Waals surface area contributed by atoms with Gasteiger partial charge in [0, 0.05) is 5.39 Å². The van der Waals surface area contributed by atoms with Crippen LogP contribution in [0.15, 0.2) is 42.5 Å². The minimum absolute atomic E-state index is 0.0397. The number of hydrogen-bond donors (Lipinski definition) is 0. The molecule has 4 nitrogen and oxygen atoms in total. The summed E-state index contributed by atoms with van der Waals surface area (Å²) >= 11 is 6.35. The molecule has 3 aromatic rings. The normalized spacial score (nSPS) is 10.8. The number of carbonyl (C=O) groups is 1. The van der Waals surface area contributed by atoms with Gasteiger partial charge in [0.15, 0.2) is 11.6 Å². The number of pyridine rings is 1. The van der Waals surface area contributed by atoms with E-state index in [0.717, 1.165) is 16.5 Å². The maximum absolute atomic E-state index is 13.7. The molecule has 0 N–H and O–H groups in total. The van der Waals surface area contributed by atoms with Crippen LogP contribution in [0.2, 0.25) is 5.02 Å². The first-order chi connectivity index (χ1) is 12.5. The summed E-state index contributed by atoms with van der Waals surface area (Å²) in [6.45, 7) is 1.86. The van der Waals surface area contributed by atoms with Crippen molar-refractivity contribution in [3.63, 3.8) is 0 Å². The Bertz CT molecular complexity index is 975. The zero-order chi connectivity index (χ0) is 18.7. The third kappa shape index (κ3) is 3.78. The highest BCUT2D eigenvalue weighted by molar-refractivity contribution is 6.32. The molecule has 0 bridgehead atoms. The van der Waals surface area contributed by atoms with E-state index >= 15 is 0 Å². The first-order valence-corrected chi connectivity index (χ1v) is 8.39. The number of carbonyl (C=O) groups excluding carboxylic acids is 1. The second-order valence-electron chi connectivity index (χ2n) is 5.82. The highest BCUT2D eigenvalue weighted by Crippen LogP contribution is 2.27. The van der Waals surface area contributed by atoms with E-state index in [1.54, 1.807) is 6.07 Å². The Kier molecular flexibility index (Phi) is 5.38. The van der Waals surface area contributed by atoms with Crippen LogP contribution in [-0.2, 0) is 22.6 Å². The van der Waals surface area contributed by atoms with Gasteiger partial charge in [-0.15, -0.1) is 0 Å². The number of aryl methyl sites for hydroxylation is 1. The quantitative estimate of drug-likeness (QED) is 0.612. The summed E-state index contributed by atoms with van der Waals surface area (Å²) < 4.78 is 23.8. The van der Waals surface area contributed by atoms with Gasteiger partial charge in [-0.1, -0.05) is 35.9 Å². The molecule has 0 unspecified atom stereocenters. The number of benzene rings is 2. The fourth-order valence-electron chi connectivity index (χ4n) is 2.70. The number of esters is 1. The van der Waals surface area contributed by atoms with E-state index in [1.807, 2.05) is 31.2 Å². The van der Waals surface area contributed by atoms with Crippen molar-refractivity contribution in [3.05, 3.63) is 70.1 Å². The largest absolute Gasteiger partial charge is 0.494 e. The molecule has 1 aromatic heterocycles. The number of nitrogens with zero attached hydrogens (tertiary/aromatic N) is 1. The summed E-state index contributed by atoms with van der Waals surface area (Å²) in [4.78, 5) is 16.5. The molecule has 0 aliphatic rings. The first-order valence-electron chi connectivity index (χ1n) is 8.01. The van der Waals surface area contributed by atoms with Crippen LogP contribution in [0.1, 0.15) is 16.8 Å². The summed E-state index contributed by atoms with van der Waals surface area (Å²) in [6, 6.07) is 12.0. The molecule has 0 aliphatic heterocycles. The number of ether oxygens (including phenoxy) is 2. The van der Waals surface area contributed by atoms with Gasteiger partial charge in [0.1, 0.15) is 6.61 Å². The number of aromatic nitrogens is 1. The predicted molar refractivity (Wildman–Crippen MR) is 97.9 cm³/mol. The molecule has 1 heterocycles. The molecule has 0 saturated carbocycles. The molecule has 3 rings (SSSR count). The summed E-state index contributed by atoms with van der Waals surface area (Å²) in [6.07, 6.45) is -0.0505. The predicted octanol–water partition coefficient (Wildman–Crippen LogP) is 4.63. The van der Waals surface area contributed by atoms with Gasteiger partial charge in [-0.25, -0.2) is 9.37 Å². The van der Waals surface area contributed by atoms with Gasteiger partial charge in [0.05, 0.1) is 29.8 Å². The number of para-hydroxylation sites is 1. The molecule has 0 atom stereocenters. The lowest BCUT2D eigenvalue weighted by Gasteiger charge is -2.11. The van der Waals surface area contributed by atoms with Gasteiger partial charge in [0.25, 0.3) is 0 Å². The second kappa shape index (κ2) is 7.70. The molecule has 6 heteroatoms. The molecule has 0 saturated heterocycles. The molecular weight excluding hydrogens is 357 g/mol. The highest BCUT2D eigenvalue weighted by Gasteiger charge is 2.13. The Hall–Kier alpha value is -2.66. The van der Waals surface area contributed by atoms with Crippen LogP contribution in [0.3, 0.4) is 0 Å². The van der Waals surface area contributed by atoms with E-state index in [9.17, 15) is 9.18 Å². The van der Waals surface area contributed by atoms with Crippen LogP contribution < -0.4 is 4.74 Å². The fraction of sp³-hybridized carbons (Fsp3) is 0.200. The van der Waals surface area contributed by atoms with Crippen LogP contribution in [0.5, 0.6) is 5.75 Å². The zero-order valence-corrected chi connectivity index (χ0v) is 15.1. The van der Waals surface area contributed by atoms with Crippen molar-refractivity contribution in [3.8, 4) is 5.75 Å². The van der Waals surface area contributed by atoms with Gasteiger partial charge >= 0.3 is 5.97 Å². The molecule has 26 heavy (non-hydrogen) atoms. The van der Waals surface area contributed by atoms with Crippen molar-refractivity contribution in [2.75, 3.05) is 7.11 Å². The standard InChI is InChI=1S/C20H17ClFNO3/c1-12-14-5-3-4-6-16(14)23-17(20(12)21)11-26-19(24)10-13-7-8-18(25-2)15(22)9-13/h3-9H,10-11H2,1-2H3. The lowest BCUT2D eigenvalue weighted by molar-refractivity contribution is -0.144. The third-order valence-corrected chi connectivity index (χ3v) is 4.58. The van der Waals surface area contributed by atoms with Gasteiger partial charge in [-0.05, 0) is 36.2 Å². The SMILES string of the molecule is COc1ccc(CC(=O)OCc2nc3ccccc3c(C)c2Cl)cc1F. The summed E-state index contributed by atoms with van der Waals surface area (Å²) in [5.74, 6) is -0.879. The zero-order valence-electron chi connectivity index (χ0n) is 14.4. The van der Waals surface area contributed by atoms with Crippen LogP contribution >= 0.6 is 11.6 Å². The number of rotatable bonds is 5. The Morgan fingerprint density at radius 2 is 2.00 bits per heavy atom. The summed E-state index contributed by atoms with van der Waals surface area (Å²) in [7, 11) is 1.38. The number of hydrogen-bond acceptors (Lipinski definition) is 4. The number of halogens is 2. The van der Waals surface area contributed by atoms with Crippen LogP contribution in [0.4, 0.5) is 4.39 Å². The van der Waals surface area contributed by atoms with Crippen molar-refractivity contribution in [2.45, 2.75) is 20.0 Å². The molecule has 134 valence electrons. The van der Waals surface area contributed by atoms with Gasteiger partial charge in [-0.3, -0.25) is 4.79 Å². The van der Waals surface area contributed by atoms with E-state index < -0.39 is 11.8 Å². The maximum atomic E-state index is 13.7. The van der Waals surface area contributed by atoms with E-state index in [0.29, 0.717) is 16.3 Å². The summed E-state index contributed by atoms with van der Waals surface area (Å²) in [5, 5.41) is 1.44. The van der Waals surface area contributed by atoms with E-state index in [2.05, 4.69) is 4.98 Å². The van der Waals surface area contributed by atoms with Gasteiger partial charge < -0.3 is 9.47 Å². The van der Waals surface area contributed by atoms with E-state index in [1.165, 1.54) is 19.2 Å². The number of methoxy groups -OCH3 is 1. The molecule has 2 aromatic carbocycles. The average molecular weight is 374 g/mol. The van der Waals surface area contributed by atoms with E-state index in [-0.39, 0.29) is 18.8 Å². The topological polar surface area (TPSA) is 48.4 Å². The van der Waals surface area contributed by atoms with Crippen molar-refractivity contribution in [1.82, 2.24) is 4.98 Å². The molecule has 0 amide bonds. The van der Waals surface area contributed by atoms with Crippen LogP contribution in [0.25, 0.3) is 10.9 Å². The molecule has 0 fully saturated rings. The third-order valence-electron chi connectivity index (χ3n) is 4.08. The monoisotopic (exact) mass is 373 g/mol. The molecular formula is C20H17ClFNO3. The van der Waals surface area contributed by atoms with Crippen LogP contribution in [0, 0.1) is 12.7 Å². The van der Waals surface area contributed by atoms with Crippen molar-refractivity contribution in [2.24, 2.45) is 0 Å². The lowest BCUT2D eigenvalue weighted by atomic mass is 10.1. The highest BCUT2D eigenvalue weighted by atomic mass is 35.5. The minimum atomic E-state index is -0.521. The lowest BCUT2D eigenvalue weighted by Crippen LogP contribution is -2.10. The second-order valence-corrected chi connectivity index (χ2v) is 6.20. The van der Waals surface area contributed by atoms with Crippen molar-refractivity contribution in [1.29, 1.82) is 0 Å². The molecule has 0 radical (unpaired) electrons. The Balaban J connectivity index is 1.71. The first kappa shape index (κ1) is 18.1. The van der Waals surface area contributed by atoms with Crippen molar-refractivity contribution >= 4 is 28.5 Å². The summed E-state index contributed by atoms with van der Waals surface area (Å²) in [5.41, 5.74) is 2.68. The Morgan fingerprint density at radius 3 is 2.73 bits per heavy atom. The average Bonchev–Trinajstić information content (AvgIpc) is 2.64. The smallest absolute Gasteiger partial charge is 0.310 e. The molecule has 0 spiro atoms. The van der Waals surface area contributed by atoms with E-state index in [4.69, 9.17) is 21.1 Å². The minimum Gasteiger partial charge on any atom is -0.494 e. The number of fused-ring (bicyclic) bond motifs is 1. The van der Waals surface area contributed by atoms with Gasteiger partial charge in [0.2, 0.25) is 0 Å². The Labute approximate surface area is 155 Å². The Morgan fingerprint density at radius 1 is 1.23 bits per heavy atom. The fourth-order valence-corrected chi connectivity index (χ4v) is 2.90. The van der Waals surface area contributed by atoms with Crippen molar-refractivity contribution < 1.29 is 18.7 Å². The molecule has 0 aliphatic carbocycles. The maximum Gasteiger partial charge on any atom is 0.310 e. The van der Waals surface area contributed by atoms with Gasteiger partial charge in [-0.2, -0.15) is 0 Å². The van der Waals surface area contributed by atoms with Crippen LogP contribution in [-0.4, -0.2) is 18.1 Å².